The van der Waals surface area contributed by atoms with Gasteiger partial charge in [0.15, 0.2) is 0 Å². The van der Waals surface area contributed by atoms with Crippen LogP contribution < -0.4 is 5.73 Å². The van der Waals surface area contributed by atoms with Crippen molar-refractivity contribution in [3.8, 4) is 6.07 Å². The normalized spacial score (nSPS) is 11.8. The summed E-state index contributed by atoms with van der Waals surface area (Å²) in [7, 11) is 0. The molecule has 0 saturated carbocycles. The van der Waals surface area contributed by atoms with Crippen LogP contribution in [0.15, 0.2) is 53.0 Å². The standard InChI is InChI=1S/C14H11BrN2/c15-14-4-2-1-3-12(14)13(9-16)10-5-7-11(17)8-6-10/h1-8,13H,17H2. The van der Waals surface area contributed by atoms with Gasteiger partial charge in [-0.3, -0.25) is 0 Å². The number of hydrogen-bond acceptors (Lipinski definition) is 2. The van der Waals surface area contributed by atoms with E-state index < -0.39 is 0 Å². The molecule has 0 spiro atoms. The molecule has 3 heteroatoms. The number of rotatable bonds is 2. The quantitative estimate of drug-likeness (QED) is 0.856. The zero-order valence-electron chi connectivity index (χ0n) is 9.10. The Morgan fingerprint density at radius 1 is 1.06 bits per heavy atom. The third kappa shape index (κ3) is 2.48. The average Bonchev–Trinajstić information content (AvgIpc) is 2.35. The summed E-state index contributed by atoms with van der Waals surface area (Å²) in [5.41, 5.74) is 8.28. The Morgan fingerprint density at radius 3 is 2.29 bits per heavy atom. The molecule has 0 amide bonds. The Labute approximate surface area is 109 Å². The number of nitrogens with zero attached hydrogens (tertiary/aromatic N) is 1. The first-order valence-electron chi connectivity index (χ1n) is 5.22. The Kier molecular flexibility index (Phi) is 3.46. The minimum atomic E-state index is -0.272. The molecule has 0 heterocycles. The van der Waals surface area contributed by atoms with Crippen LogP contribution in [0.3, 0.4) is 0 Å². The van der Waals surface area contributed by atoms with E-state index in [2.05, 4.69) is 22.0 Å². The lowest BCUT2D eigenvalue weighted by Crippen LogP contribution is -1.99. The molecule has 17 heavy (non-hydrogen) atoms. The molecule has 84 valence electrons. The second kappa shape index (κ2) is 5.03. The maximum Gasteiger partial charge on any atom is 0.0973 e. The van der Waals surface area contributed by atoms with Crippen LogP contribution in [0.2, 0.25) is 0 Å². The van der Waals surface area contributed by atoms with E-state index in [1.807, 2.05) is 48.5 Å². The van der Waals surface area contributed by atoms with E-state index in [9.17, 15) is 5.26 Å². The number of hydrogen-bond donors (Lipinski definition) is 1. The van der Waals surface area contributed by atoms with Crippen molar-refractivity contribution in [1.82, 2.24) is 0 Å². The maximum atomic E-state index is 9.32. The summed E-state index contributed by atoms with van der Waals surface area (Å²) in [5.74, 6) is -0.272. The average molecular weight is 287 g/mol. The van der Waals surface area contributed by atoms with E-state index in [1.165, 1.54) is 0 Å². The topological polar surface area (TPSA) is 49.8 Å². The van der Waals surface area contributed by atoms with E-state index in [1.54, 1.807) is 0 Å². The van der Waals surface area contributed by atoms with Crippen LogP contribution in [0.5, 0.6) is 0 Å². The Hall–Kier alpha value is -1.79. The van der Waals surface area contributed by atoms with Gasteiger partial charge in [0.25, 0.3) is 0 Å². The zero-order valence-corrected chi connectivity index (χ0v) is 10.7. The summed E-state index contributed by atoms with van der Waals surface area (Å²) in [6, 6.07) is 17.5. The van der Waals surface area contributed by atoms with Crippen LogP contribution in [0, 0.1) is 11.3 Å². The van der Waals surface area contributed by atoms with Gasteiger partial charge in [-0.1, -0.05) is 46.3 Å². The minimum Gasteiger partial charge on any atom is -0.399 e. The summed E-state index contributed by atoms with van der Waals surface area (Å²) in [6.45, 7) is 0. The molecule has 0 aliphatic rings. The molecule has 0 aliphatic carbocycles. The van der Waals surface area contributed by atoms with Crippen LogP contribution in [0.1, 0.15) is 17.0 Å². The van der Waals surface area contributed by atoms with Crippen molar-refractivity contribution in [2.24, 2.45) is 0 Å². The SMILES string of the molecule is N#CC(c1ccc(N)cc1)c1ccccc1Br. The number of halogens is 1. The fraction of sp³-hybridized carbons (Fsp3) is 0.0714. The van der Waals surface area contributed by atoms with Gasteiger partial charge in [0.05, 0.1) is 12.0 Å². The van der Waals surface area contributed by atoms with Crippen molar-refractivity contribution >= 4 is 21.6 Å². The highest BCUT2D eigenvalue weighted by atomic mass is 79.9. The van der Waals surface area contributed by atoms with E-state index in [0.29, 0.717) is 5.69 Å². The maximum absolute atomic E-state index is 9.32. The van der Waals surface area contributed by atoms with E-state index >= 15 is 0 Å². The highest BCUT2D eigenvalue weighted by molar-refractivity contribution is 9.10. The van der Waals surface area contributed by atoms with E-state index in [0.717, 1.165) is 15.6 Å². The van der Waals surface area contributed by atoms with Crippen molar-refractivity contribution in [2.45, 2.75) is 5.92 Å². The van der Waals surface area contributed by atoms with Crippen molar-refractivity contribution in [3.63, 3.8) is 0 Å². The lowest BCUT2D eigenvalue weighted by atomic mass is 9.92. The number of nitrogens with two attached hydrogens (primary N) is 1. The molecular formula is C14H11BrN2. The van der Waals surface area contributed by atoms with Gasteiger partial charge in [-0.05, 0) is 29.3 Å². The molecule has 2 N–H and O–H groups in total. The molecule has 0 bridgehead atoms. The Morgan fingerprint density at radius 2 is 1.71 bits per heavy atom. The molecule has 0 aromatic heterocycles. The molecule has 2 nitrogen and oxygen atoms in total. The fourth-order valence-corrected chi connectivity index (χ4v) is 2.24. The monoisotopic (exact) mass is 286 g/mol. The molecule has 2 aromatic rings. The number of anilines is 1. The zero-order chi connectivity index (χ0) is 12.3. The molecular weight excluding hydrogens is 276 g/mol. The van der Waals surface area contributed by atoms with Crippen molar-refractivity contribution < 1.29 is 0 Å². The van der Waals surface area contributed by atoms with Gasteiger partial charge in [0.1, 0.15) is 0 Å². The van der Waals surface area contributed by atoms with E-state index in [4.69, 9.17) is 5.73 Å². The predicted octanol–water partition coefficient (Wildman–Crippen LogP) is 3.69. The van der Waals surface area contributed by atoms with Crippen LogP contribution in [0.4, 0.5) is 5.69 Å². The first-order chi connectivity index (χ1) is 8.22. The summed E-state index contributed by atoms with van der Waals surface area (Å²) in [6.07, 6.45) is 0. The summed E-state index contributed by atoms with van der Waals surface area (Å²) >= 11 is 3.47. The van der Waals surface area contributed by atoms with Crippen molar-refractivity contribution in [2.75, 3.05) is 5.73 Å². The molecule has 2 aromatic carbocycles. The summed E-state index contributed by atoms with van der Waals surface area (Å²) in [4.78, 5) is 0. The first kappa shape index (κ1) is 11.7. The number of benzene rings is 2. The van der Waals surface area contributed by atoms with Gasteiger partial charge in [-0.15, -0.1) is 0 Å². The third-order valence-corrected chi connectivity index (χ3v) is 3.34. The van der Waals surface area contributed by atoms with Gasteiger partial charge in [0, 0.05) is 10.2 Å². The summed E-state index contributed by atoms with van der Waals surface area (Å²) in [5, 5.41) is 9.32. The molecule has 0 radical (unpaired) electrons. The Bertz CT molecular complexity index is 555. The highest BCUT2D eigenvalue weighted by Crippen LogP contribution is 2.30. The molecule has 0 aliphatic heterocycles. The van der Waals surface area contributed by atoms with Crippen LogP contribution in [-0.2, 0) is 0 Å². The van der Waals surface area contributed by atoms with Gasteiger partial charge in [-0.25, -0.2) is 0 Å². The van der Waals surface area contributed by atoms with Crippen molar-refractivity contribution in [3.05, 3.63) is 64.1 Å². The van der Waals surface area contributed by atoms with Gasteiger partial charge in [0.2, 0.25) is 0 Å². The van der Waals surface area contributed by atoms with E-state index in [-0.39, 0.29) is 5.92 Å². The van der Waals surface area contributed by atoms with Crippen LogP contribution in [-0.4, -0.2) is 0 Å². The molecule has 0 saturated heterocycles. The largest absolute Gasteiger partial charge is 0.399 e. The molecule has 1 unspecified atom stereocenters. The third-order valence-electron chi connectivity index (χ3n) is 2.62. The Balaban J connectivity index is 2.45. The fourth-order valence-electron chi connectivity index (χ4n) is 1.72. The number of nitrogen functional groups attached to an aromatic ring is 1. The number of nitriles is 1. The van der Waals surface area contributed by atoms with Crippen molar-refractivity contribution in [1.29, 1.82) is 5.26 Å². The first-order valence-corrected chi connectivity index (χ1v) is 6.01. The van der Waals surface area contributed by atoms with Crippen LogP contribution in [0.25, 0.3) is 0 Å². The van der Waals surface area contributed by atoms with Crippen LogP contribution >= 0.6 is 15.9 Å². The lowest BCUT2D eigenvalue weighted by molar-refractivity contribution is 1.03. The smallest absolute Gasteiger partial charge is 0.0973 e. The highest BCUT2D eigenvalue weighted by Gasteiger charge is 2.15. The molecule has 0 fully saturated rings. The second-order valence-corrected chi connectivity index (χ2v) is 4.60. The summed E-state index contributed by atoms with van der Waals surface area (Å²) < 4.78 is 0.948. The lowest BCUT2D eigenvalue weighted by Gasteiger charge is -2.11. The molecule has 1 atom stereocenters. The van der Waals surface area contributed by atoms with Gasteiger partial charge >= 0.3 is 0 Å². The van der Waals surface area contributed by atoms with Gasteiger partial charge in [-0.2, -0.15) is 5.26 Å². The van der Waals surface area contributed by atoms with Gasteiger partial charge < -0.3 is 5.73 Å². The predicted molar refractivity (Wildman–Crippen MR) is 72.5 cm³/mol. The minimum absolute atomic E-state index is 0.272. The molecule has 2 rings (SSSR count). The second-order valence-electron chi connectivity index (χ2n) is 3.75.